The van der Waals surface area contributed by atoms with Crippen LogP contribution in [-0.2, 0) is 4.74 Å². The molecule has 2 atom stereocenters. The summed E-state index contributed by atoms with van der Waals surface area (Å²) in [5, 5.41) is 7.13. The molecule has 23 heavy (non-hydrogen) atoms. The van der Waals surface area contributed by atoms with Crippen LogP contribution in [0, 0.1) is 0 Å². The first-order valence-electron chi connectivity index (χ1n) is 9.31. The lowest BCUT2D eigenvalue weighted by atomic mass is 9.91. The highest BCUT2D eigenvalue weighted by atomic mass is 16.5. The largest absolute Gasteiger partial charge is 0.379 e. The van der Waals surface area contributed by atoms with Crippen molar-refractivity contribution in [3.8, 4) is 0 Å². The fraction of sp³-hybridized carbons (Fsp3) is 1.00. The van der Waals surface area contributed by atoms with Gasteiger partial charge in [0.1, 0.15) is 0 Å². The molecule has 0 bridgehead atoms. The molecule has 0 amide bonds. The number of rotatable bonds is 6. The van der Waals surface area contributed by atoms with Crippen molar-refractivity contribution in [2.75, 3.05) is 52.5 Å². The Bertz CT molecular complexity index is 338. The third-order valence-electron chi connectivity index (χ3n) is 6.42. The molecular formula is C18H38N4O. The van der Waals surface area contributed by atoms with Gasteiger partial charge in [0, 0.05) is 62.4 Å². The van der Waals surface area contributed by atoms with Gasteiger partial charge in [-0.25, -0.2) is 0 Å². The predicted molar refractivity (Wildman–Crippen MR) is 97.1 cm³/mol. The molecule has 5 heteroatoms. The summed E-state index contributed by atoms with van der Waals surface area (Å²) in [6, 6.07) is 1.05. The van der Waals surface area contributed by atoms with Crippen LogP contribution in [0.5, 0.6) is 0 Å². The fourth-order valence-electron chi connectivity index (χ4n) is 3.71. The number of ether oxygens (including phenoxy) is 1. The third-order valence-corrected chi connectivity index (χ3v) is 6.42. The van der Waals surface area contributed by atoms with Crippen molar-refractivity contribution < 1.29 is 4.74 Å². The van der Waals surface area contributed by atoms with Gasteiger partial charge in [0.05, 0.1) is 13.2 Å². The second-order valence-corrected chi connectivity index (χ2v) is 8.25. The lowest BCUT2D eigenvalue weighted by Gasteiger charge is -2.48. The topological polar surface area (TPSA) is 39.8 Å². The van der Waals surface area contributed by atoms with E-state index in [9.17, 15) is 0 Å². The lowest BCUT2D eigenvalue weighted by molar-refractivity contribution is -0.000902. The second kappa shape index (κ2) is 7.79. The van der Waals surface area contributed by atoms with E-state index >= 15 is 0 Å². The molecule has 0 aromatic carbocycles. The fourth-order valence-corrected chi connectivity index (χ4v) is 3.71. The summed E-state index contributed by atoms with van der Waals surface area (Å²) in [5.74, 6) is 0. The van der Waals surface area contributed by atoms with E-state index in [1.807, 2.05) is 0 Å². The minimum atomic E-state index is 0.206. The van der Waals surface area contributed by atoms with E-state index in [-0.39, 0.29) is 11.1 Å². The molecule has 0 aromatic heterocycles. The van der Waals surface area contributed by atoms with Crippen molar-refractivity contribution >= 4 is 0 Å². The maximum Gasteiger partial charge on any atom is 0.0594 e. The van der Waals surface area contributed by atoms with E-state index in [4.69, 9.17) is 4.74 Å². The van der Waals surface area contributed by atoms with Crippen LogP contribution < -0.4 is 10.6 Å². The highest BCUT2D eigenvalue weighted by Crippen LogP contribution is 2.22. The summed E-state index contributed by atoms with van der Waals surface area (Å²) < 4.78 is 5.97. The molecule has 136 valence electrons. The highest BCUT2D eigenvalue weighted by molar-refractivity contribution is 4.96. The zero-order valence-electron chi connectivity index (χ0n) is 16.1. The van der Waals surface area contributed by atoms with Crippen LogP contribution in [0.25, 0.3) is 0 Å². The molecule has 2 rings (SSSR count). The molecule has 2 saturated heterocycles. The normalized spacial score (nSPS) is 32.1. The Balaban J connectivity index is 1.68. The van der Waals surface area contributed by atoms with Gasteiger partial charge in [-0.05, 0) is 41.5 Å². The van der Waals surface area contributed by atoms with Gasteiger partial charge in [0.25, 0.3) is 0 Å². The average molecular weight is 327 g/mol. The van der Waals surface area contributed by atoms with Gasteiger partial charge in [-0.1, -0.05) is 0 Å². The van der Waals surface area contributed by atoms with Crippen LogP contribution in [-0.4, -0.2) is 85.4 Å². The minimum absolute atomic E-state index is 0.206. The zero-order chi connectivity index (χ0) is 17.1. The van der Waals surface area contributed by atoms with E-state index in [1.165, 1.54) is 0 Å². The van der Waals surface area contributed by atoms with Crippen molar-refractivity contribution in [3.63, 3.8) is 0 Å². The van der Waals surface area contributed by atoms with Crippen LogP contribution >= 0.6 is 0 Å². The number of hydrogen-bond donors (Lipinski definition) is 2. The summed E-state index contributed by atoms with van der Waals surface area (Å²) in [6.45, 7) is 22.0. The molecule has 2 aliphatic heterocycles. The predicted octanol–water partition coefficient (Wildman–Crippen LogP) is 1.15. The van der Waals surface area contributed by atoms with Gasteiger partial charge in [-0.15, -0.1) is 0 Å². The molecule has 0 saturated carbocycles. The highest BCUT2D eigenvalue weighted by Gasteiger charge is 2.36. The van der Waals surface area contributed by atoms with Crippen LogP contribution in [0.4, 0.5) is 0 Å². The van der Waals surface area contributed by atoms with E-state index in [1.54, 1.807) is 0 Å². The van der Waals surface area contributed by atoms with Gasteiger partial charge in [0.2, 0.25) is 0 Å². The molecule has 2 fully saturated rings. The maximum absolute atomic E-state index is 5.97. The molecule has 2 heterocycles. The van der Waals surface area contributed by atoms with Crippen molar-refractivity contribution in [2.45, 2.75) is 64.7 Å². The van der Waals surface area contributed by atoms with E-state index < -0.39 is 0 Å². The van der Waals surface area contributed by atoms with Crippen molar-refractivity contribution in [3.05, 3.63) is 0 Å². The Labute approximate surface area is 143 Å². The Hall–Kier alpha value is -0.200. The summed E-state index contributed by atoms with van der Waals surface area (Å²) in [7, 11) is 0. The number of nitrogens with zero attached hydrogens (tertiary/aromatic N) is 2. The molecule has 0 spiro atoms. The molecule has 5 nitrogen and oxygen atoms in total. The maximum atomic E-state index is 5.97. The Morgan fingerprint density at radius 1 is 0.826 bits per heavy atom. The van der Waals surface area contributed by atoms with E-state index in [2.05, 4.69) is 62.0 Å². The lowest BCUT2D eigenvalue weighted by Crippen LogP contribution is -2.64. The van der Waals surface area contributed by atoms with Gasteiger partial charge in [-0.2, -0.15) is 0 Å². The number of piperazine rings is 2. The second-order valence-electron chi connectivity index (χ2n) is 8.25. The molecule has 0 radical (unpaired) electrons. The van der Waals surface area contributed by atoms with E-state index in [0.717, 1.165) is 52.5 Å². The molecule has 0 aromatic rings. The SMILES string of the molecule is CC1NCCN(CCOCCN2CCNC(C)C2(C)C)C1(C)C. The first-order chi connectivity index (χ1) is 10.8. The van der Waals surface area contributed by atoms with Gasteiger partial charge < -0.3 is 15.4 Å². The van der Waals surface area contributed by atoms with Gasteiger partial charge >= 0.3 is 0 Å². The van der Waals surface area contributed by atoms with Gasteiger partial charge in [0.15, 0.2) is 0 Å². The molecule has 2 unspecified atom stereocenters. The Morgan fingerprint density at radius 2 is 1.22 bits per heavy atom. The van der Waals surface area contributed by atoms with Crippen molar-refractivity contribution in [1.29, 1.82) is 0 Å². The summed E-state index contributed by atoms with van der Waals surface area (Å²) in [6.07, 6.45) is 0. The number of nitrogens with one attached hydrogen (secondary N) is 2. The minimum Gasteiger partial charge on any atom is -0.379 e. The number of hydrogen-bond acceptors (Lipinski definition) is 5. The van der Waals surface area contributed by atoms with Crippen molar-refractivity contribution in [2.24, 2.45) is 0 Å². The van der Waals surface area contributed by atoms with Gasteiger partial charge in [-0.3, -0.25) is 9.80 Å². The molecular weight excluding hydrogens is 288 g/mol. The monoisotopic (exact) mass is 326 g/mol. The van der Waals surface area contributed by atoms with Crippen molar-refractivity contribution in [1.82, 2.24) is 20.4 Å². The van der Waals surface area contributed by atoms with Crippen LogP contribution in [0.3, 0.4) is 0 Å². The first kappa shape index (κ1) is 19.1. The summed E-state index contributed by atoms with van der Waals surface area (Å²) in [5.41, 5.74) is 0.412. The molecule has 2 aliphatic rings. The Morgan fingerprint density at radius 3 is 1.61 bits per heavy atom. The third kappa shape index (κ3) is 4.45. The van der Waals surface area contributed by atoms with Crippen LogP contribution in [0.2, 0.25) is 0 Å². The Kier molecular flexibility index (Phi) is 6.48. The van der Waals surface area contributed by atoms with E-state index in [0.29, 0.717) is 12.1 Å². The molecule has 2 N–H and O–H groups in total. The average Bonchev–Trinajstić information content (AvgIpc) is 2.47. The zero-order valence-corrected chi connectivity index (χ0v) is 16.1. The quantitative estimate of drug-likeness (QED) is 0.717. The van der Waals surface area contributed by atoms with Crippen LogP contribution in [0.15, 0.2) is 0 Å². The summed E-state index contributed by atoms with van der Waals surface area (Å²) >= 11 is 0. The van der Waals surface area contributed by atoms with Crippen LogP contribution in [0.1, 0.15) is 41.5 Å². The summed E-state index contributed by atoms with van der Waals surface area (Å²) in [4.78, 5) is 5.12. The molecule has 0 aliphatic carbocycles. The first-order valence-corrected chi connectivity index (χ1v) is 9.31. The standard InChI is InChI=1S/C18H38N4O/c1-15-17(3,4)21(9-7-19-15)11-13-23-14-12-22-10-8-20-16(2)18(22,5)6/h15-16,19-20H,7-14H2,1-6H3. The smallest absolute Gasteiger partial charge is 0.0594 e.